The molecule has 11 heteroatoms. The Morgan fingerprint density at radius 3 is 2.58 bits per heavy atom. The van der Waals surface area contributed by atoms with Gasteiger partial charge in [0.2, 0.25) is 0 Å². The summed E-state index contributed by atoms with van der Waals surface area (Å²) in [5.41, 5.74) is 7.94. The predicted molar refractivity (Wildman–Crippen MR) is 140 cm³/mol. The molecule has 1 amide bonds. The van der Waals surface area contributed by atoms with E-state index in [9.17, 15) is 9.18 Å². The van der Waals surface area contributed by atoms with Crippen LogP contribution in [0.1, 0.15) is 48.2 Å². The molecule has 3 N–H and O–H groups in total. The van der Waals surface area contributed by atoms with Crippen molar-refractivity contribution in [3.05, 3.63) is 82.0 Å². The van der Waals surface area contributed by atoms with Gasteiger partial charge in [-0.15, -0.1) is 0 Å². The number of hydrogen-bond acceptors (Lipinski definition) is 5. The van der Waals surface area contributed by atoms with Crippen LogP contribution in [0.25, 0.3) is 5.52 Å². The van der Waals surface area contributed by atoms with Crippen LogP contribution in [0.5, 0.6) is 5.75 Å². The van der Waals surface area contributed by atoms with Gasteiger partial charge in [-0.1, -0.05) is 18.5 Å². The second-order valence-corrected chi connectivity index (χ2v) is 11.6. The Kier molecular flexibility index (Phi) is 6.76. The summed E-state index contributed by atoms with van der Waals surface area (Å²) in [6.07, 6.45) is 2.96. The number of rotatable bonds is 6. The number of fused-ring (bicyclic) bond motifs is 1. The smallest absolute Gasteiger partial charge is 0.262 e. The summed E-state index contributed by atoms with van der Waals surface area (Å²) < 4.78 is 36.7. The van der Waals surface area contributed by atoms with Crippen LogP contribution in [0, 0.1) is 18.6 Å². The molecule has 0 aliphatic carbocycles. The number of anilines is 2. The highest BCUT2D eigenvalue weighted by molar-refractivity contribution is 6.31. The average molecular weight is 530 g/mol. The molecule has 188 valence electrons. The number of amides is 1. The minimum atomic E-state index is -0.911. The molecule has 0 saturated carbocycles. The van der Waals surface area contributed by atoms with E-state index >= 15 is 4.39 Å². The molecule has 36 heavy (non-hydrogen) atoms. The number of nitrogen functional groups attached to an aromatic ring is 1. The second-order valence-electron chi connectivity index (χ2n) is 9.23. The third kappa shape index (κ3) is 4.53. The maximum absolute atomic E-state index is 15.4. The standard InChI is InChI=1S/C25H26ClF2N5O2Si/c1-12(2)35-21-16(25(4,36)24-31-13(3)20-22(29)30-9-10-33(20)24)11-17(26)19(28)18(21)23(34)32-15-7-5-14(27)6-8-15/h5-12H,1-4,36H3,(H2,29,30)(H,32,34)/t25-/m0/s1. The Morgan fingerprint density at radius 2 is 1.94 bits per heavy atom. The number of carbonyl (C=O) groups excluding carboxylic acids is 1. The number of carbonyl (C=O) groups is 1. The molecule has 0 bridgehead atoms. The summed E-state index contributed by atoms with van der Waals surface area (Å²) in [7, 11) is 0.490. The first-order chi connectivity index (χ1) is 16.9. The molecule has 4 rings (SSSR count). The van der Waals surface area contributed by atoms with E-state index in [1.54, 1.807) is 26.2 Å². The van der Waals surface area contributed by atoms with E-state index in [0.717, 1.165) is 0 Å². The van der Waals surface area contributed by atoms with Crippen LogP contribution < -0.4 is 15.8 Å². The third-order valence-corrected chi connectivity index (χ3v) is 7.11. The van der Waals surface area contributed by atoms with E-state index in [1.807, 2.05) is 18.2 Å². The Labute approximate surface area is 215 Å². The molecule has 0 radical (unpaired) electrons. The number of nitrogens with one attached hydrogen (secondary N) is 1. The summed E-state index contributed by atoms with van der Waals surface area (Å²) in [6, 6.07) is 6.64. The highest BCUT2D eigenvalue weighted by atomic mass is 35.5. The molecular formula is C25H26ClF2N5O2Si. The summed E-state index contributed by atoms with van der Waals surface area (Å²) in [5, 5.41) is 1.60. The molecular weight excluding hydrogens is 504 g/mol. The van der Waals surface area contributed by atoms with Crippen molar-refractivity contribution in [3.8, 4) is 5.75 Å². The van der Waals surface area contributed by atoms with E-state index in [0.29, 0.717) is 44.3 Å². The summed E-state index contributed by atoms with van der Waals surface area (Å²) in [6.45, 7) is 7.33. The number of aryl methyl sites for hydroxylation is 1. The van der Waals surface area contributed by atoms with Crippen molar-refractivity contribution in [1.29, 1.82) is 0 Å². The number of nitrogens with two attached hydrogens (primary N) is 1. The summed E-state index contributed by atoms with van der Waals surface area (Å²) >= 11 is 6.34. The summed E-state index contributed by atoms with van der Waals surface area (Å²) in [5.74, 6) is -1.10. The van der Waals surface area contributed by atoms with Crippen molar-refractivity contribution >= 4 is 44.8 Å². The first-order valence-corrected chi connectivity index (χ1v) is 12.6. The molecule has 1 atom stereocenters. The first kappa shape index (κ1) is 25.6. The number of imidazole rings is 1. The topological polar surface area (TPSA) is 94.5 Å². The minimum Gasteiger partial charge on any atom is -0.490 e. The Balaban J connectivity index is 1.93. The molecule has 0 unspecified atom stereocenters. The predicted octanol–water partition coefficient (Wildman–Crippen LogP) is 4.22. The molecule has 7 nitrogen and oxygen atoms in total. The van der Waals surface area contributed by atoms with Gasteiger partial charge in [-0.2, -0.15) is 0 Å². The van der Waals surface area contributed by atoms with E-state index < -0.39 is 22.6 Å². The number of ether oxygens (including phenoxy) is 1. The van der Waals surface area contributed by atoms with Crippen molar-refractivity contribution < 1.29 is 18.3 Å². The molecule has 4 aromatic rings. The maximum atomic E-state index is 15.4. The van der Waals surface area contributed by atoms with Gasteiger partial charge in [-0.3, -0.25) is 9.20 Å². The zero-order chi connectivity index (χ0) is 26.4. The summed E-state index contributed by atoms with van der Waals surface area (Å²) in [4.78, 5) is 22.3. The SMILES string of the molecule is Cc1nc([C@@](C)([SiH3])c2cc(Cl)c(F)c(C(=O)Nc3ccc(F)cc3)c2OC(C)C)n2ccnc(N)c12. The monoisotopic (exact) mass is 529 g/mol. The second kappa shape index (κ2) is 9.51. The fourth-order valence-corrected chi connectivity index (χ4v) is 5.09. The Bertz CT molecular complexity index is 1470. The Hall–Kier alpha value is -3.50. The van der Waals surface area contributed by atoms with Gasteiger partial charge in [0.05, 0.1) is 16.8 Å². The Morgan fingerprint density at radius 1 is 1.28 bits per heavy atom. The third-order valence-electron chi connectivity index (χ3n) is 5.84. The lowest BCUT2D eigenvalue weighted by atomic mass is 9.94. The van der Waals surface area contributed by atoms with Crippen LogP contribution in [-0.4, -0.2) is 36.6 Å². The van der Waals surface area contributed by atoms with Crippen LogP contribution in [0.3, 0.4) is 0 Å². The average Bonchev–Trinajstić information content (AvgIpc) is 3.16. The minimum absolute atomic E-state index is 0.0699. The van der Waals surface area contributed by atoms with Crippen LogP contribution in [0.2, 0.25) is 5.02 Å². The largest absolute Gasteiger partial charge is 0.490 e. The van der Waals surface area contributed by atoms with Gasteiger partial charge >= 0.3 is 0 Å². The number of hydrogen-bond donors (Lipinski definition) is 2. The molecule has 2 heterocycles. The fourth-order valence-electron chi connectivity index (χ4n) is 4.16. The van der Waals surface area contributed by atoms with Crippen LogP contribution in [0.15, 0.2) is 42.7 Å². The van der Waals surface area contributed by atoms with Gasteiger partial charge in [-0.25, -0.2) is 18.7 Å². The normalized spacial score (nSPS) is 13.2. The van der Waals surface area contributed by atoms with E-state index in [-0.39, 0.29) is 22.4 Å². The molecule has 2 aromatic heterocycles. The van der Waals surface area contributed by atoms with Crippen molar-refractivity contribution in [2.24, 2.45) is 0 Å². The number of halogens is 3. The van der Waals surface area contributed by atoms with Gasteiger partial charge in [0.1, 0.15) is 34.3 Å². The van der Waals surface area contributed by atoms with Gasteiger partial charge in [-0.05, 0) is 51.1 Å². The molecule has 0 fully saturated rings. The van der Waals surface area contributed by atoms with Gasteiger partial charge in [0.25, 0.3) is 5.91 Å². The number of aromatic nitrogens is 3. The number of benzene rings is 2. The van der Waals surface area contributed by atoms with Crippen molar-refractivity contribution in [2.45, 2.75) is 38.8 Å². The van der Waals surface area contributed by atoms with Crippen LogP contribution >= 0.6 is 11.6 Å². The van der Waals surface area contributed by atoms with Crippen molar-refractivity contribution in [1.82, 2.24) is 14.4 Å². The molecule has 0 saturated heterocycles. The lowest BCUT2D eigenvalue weighted by Crippen LogP contribution is -2.30. The zero-order valence-corrected chi connectivity index (χ0v) is 23.2. The van der Waals surface area contributed by atoms with Gasteiger partial charge in [0, 0.05) is 38.9 Å². The quantitative estimate of drug-likeness (QED) is 0.365. The first-order valence-electron chi connectivity index (χ1n) is 11.3. The molecule has 0 spiro atoms. The van der Waals surface area contributed by atoms with Crippen molar-refractivity contribution in [3.63, 3.8) is 0 Å². The highest BCUT2D eigenvalue weighted by Crippen LogP contribution is 2.42. The van der Waals surface area contributed by atoms with E-state index in [2.05, 4.69) is 10.3 Å². The maximum Gasteiger partial charge on any atom is 0.262 e. The molecule has 0 aliphatic rings. The van der Waals surface area contributed by atoms with E-state index in [4.69, 9.17) is 27.1 Å². The van der Waals surface area contributed by atoms with Crippen LogP contribution in [-0.2, 0) is 5.04 Å². The zero-order valence-electron chi connectivity index (χ0n) is 20.5. The molecule has 0 aliphatic heterocycles. The molecule has 2 aromatic carbocycles. The van der Waals surface area contributed by atoms with Crippen molar-refractivity contribution in [2.75, 3.05) is 11.1 Å². The van der Waals surface area contributed by atoms with E-state index in [1.165, 1.54) is 30.3 Å². The van der Waals surface area contributed by atoms with Crippen LogP contribution in [0.4, 0.5) is 20.3 Å². The lowest BCUT2D eigenvalue weighted by molar-refractivity contribution is 0.101. The number of nitrogens with zero attached hydrogens (tertiary/aromatic N) is 3. The van der Waals surface area contributed by atoms with Gasteiger partial charge < -0.3 is 15.8 Å². The highest BCUT2D eigenvalue weighted by Gasteiger charge is 2.37. The lowest BCUT2D eigenvalue weighted by Gasteiger charge is -2.29. The fraction of sp³-hybridized carbons (Fsp3) is 0.240. The van der Waals surface area contributed by atoms with Gasteiger partial charge in [0.15, 0.2) is 5.82 Å².